The molecule has 0 aliphatic heterocycles. The van der Waals surface area contributed by atoms with Crippen LogP contribution in [0.3, 0.4) is 0 Å². The first-order chi connectivity index (χ1) is 8.33. The molecule has 1 aliphatic rings. The fourth-order valence-corrected chi connectivity index (χ4v) is 2.31. The summed E-state index contributed by atoms with van der Waals surface area (Å²) in [5.74, 6) is 1.90. The van der Waals surface area contributed by atoms with Crippen molar-refractivity contribution in [2.45, 2.75) is 45.7 Å². The fourth-order valence-electron chi connectivity index (χ4n) is 2.31. The average molecular weight is 233 g/mol. The monoisotopic (exact) mass is 233 g/mol. The second kappa shape index (κ2) is 6.06. The van der Waals surface area contributed by atoms with Gasteiger partial charge in [0.05, 0.1) is 6.61 Å². The Kier molecular flexibility index (Phi) is 4.43. The molecule has 1 saturated carbocycles. The maximum absolute atomic E-state index is 5.43. The molecule has 1 fully saturated rings. The zero-order valence-electron chi connectivity index (χ0n) is 10.9. The minimum Gasteiger partial charge on any atom is -0.494 e. The lowest BCUT2D eigenvalue weighted by atomic mass is 10.2. The van der Waals surface area contributed by atoms with Gasteiger partial charge in [0, 0.05) is 12.6 Å². The first kappa shape index (κ1) is 12.4. The van der Waals surface area contributed by atoms with E-state index < -0.39 is 0 Å². The largest absolute Gasteiger partial charge is 0.494 e. The van der Waals surface area contributed by atoms with E-state index >= 15 is 0 Å². The second-order valence-electron chi connectivity index (χ2n) is 4.85. The first-order valence-electron chi connectivity index (χ1n) is 6.78. The molecule has 17 heavy (non-hydrogen) atoms. The van der Waals surface area contributed by atoms with E-state index in [4.69, 9.17) is 4.74 Å². The van der Waals surface area contributed by atoms with Crippen molar-refractivity contribution in [3.8, 4) is 5.75 Å². The van der Waals surface area contributed by atoms with Crippen LogP contribution in [0.2, 0.25) is 0 Å². The van der Waals surface area contributed by atoms with E-state index in [0.717, 1.165) is 30.9 Å². The van der Waals surface area contributed by atoms with Crippen molar-refractivity contribution >= 4 is 0 Å². The molecule has 0 radical (unpaired) electrons. The summed E-state index contributed by atoms with van der Waals surface area (Å²) >= 11 is 0. The van der Waals surface area contributed by atoms with E-state index in [0.29, 0.717) is 0 Å². The zero-order chi connectivity index (χ0) is 12.1. The number of hydrogen-bond donors (Lipinski definition) is 1. The lowest BCUT2D eigenvalue weighted by molar-refractivity contribution is 0.340. The van der Waals surface area contributed by atoms with Gasteiger partial charge in [0.2, 0.25) is 0 Å². The lowest BCUT2D eigenvalue weighted by Crippen LogP contribution is -2.17. The van der Waals surface area contributed by atoms with Gasteiger partial charge in [-0.15, -0.1) is 0 Å². The van der Waals surface area contributed by atoms with Crippen molar-refractivity contribution in [1.29, 1.82) is 0 Å². The number of hydrogen-bond acceptors (Lipinski definition) is 2. The molecule has 2 heteroatoms. The van der Waals surface area contributed by atoms with Gasteiger partial charge in [-0.1, -0.05) is 25.5 Å². The van der Waals surface area contributed by atoms with Crippen LogP contribution < -0.4 is 10.1 Å². The zero-order valence-corrected chi connectivity index (χ0v) is 10.9. The van der Waals surface area contributed by atoms with Crippen molar-refractivity contribution in [1.82, 2.24) is 5.32 Å². The van der Waals surface area contributed by atoms with Gasteiger partial charge in [-0.05, 0) is 43.4 Å². The molecule has 94 valence electrons. The molecular weight excluding hydrogens is 210 g/mol. The molecule has 0 bridgehead atoms. The number of ether oxygens (including phenoxy) is 1. The Morgan fingerprint density at radius 1 is 1.24 bits per heavy atom. The van der Waals surface area contributed by atoms with Crippen molar-refractivity contribution in [3.05, 3.63) is 29.8 Å². The van der Waals surface area contributed by atoms with Crippen molar-refractivity contribution in [2.75, 3.05) is 6.61 Å². The third-order valence-corrected chi connectivity index (χ3v) is 3.38. The van der Waals surface area contributed by atoms with E-state index in [2.05, 4.69) is 36.5 Å². The molecule has 2 atom stereocenters. The van der Waals surface area contributed by atoms with E-state index in [-0.39, 0.29) is 0 Å². The molecule has 0 aromatic heterocycles. The Morgan fingerprint density at radius 2 is 2.00 bits per heavy atom. The SMILES string of the molecule is CCCC1CC1NCc1ccc(OCC)cc1. The summed E-state index contributed by atoms with van der Waals surface area (Å²) < 4.78 is 5.43. The molecule has 1 aliphatic carbocycles. The van der Waals surface area contributed by atoms with E-state index in [1.54, 1.807) is 0 Å². The third kappa shape index (κ3) is 3.74. The van der Waals surface area contributed by atoms with Crippen LogP contribution in [0, 0.1) is 5.92 Å². The Morgan fingerprint density at radius 3 is 2.65 bits per heavy atom. The molecule has 1 aromatic carbocycles. The number of nitrogens with one attached hydrogen (secondary N) is 1. The quantitative estimate of drug-likeness (QED) is 0.779. The molecule has 0 saturated heterocycles. The van der Waals surface area contributed by atoms with E-state index in [1.807, 2.05) is 6.92 Å². The summed E-state index contributed by atoms with van der Waals surface area (Å²) in [6.07, 6.45) is 4.05. The maximum Gasteiger partial charge on any atom is 0.119 e. The highest BCUT2D eigenvalue weighted by atomic mass is 16.5. The first-order valence-corrected chi connectivity index (χ1v) is 6.78. The van der Waals surface area contributed by atoms with Gasteiger partial charge in [-0.2, -0.15) is 0 Å². The number of rotatable bonds is 7. The van der Waals surface area contributed by atoms with Crippen molar-refractivity contribution < 1.29 is 4.74 Å². The molecule has 2 rings (SSSR count). The molecule has 0 spiro atoms. The van der Waals surface area contributed by atoms with Gasteiger partial charge in [0.1, 0.15) is 5.75 Å². The summed E-state index contributed by atoms with van der Waals surface area (Å²) in [7, 11) is 0. The van der Waals surface area contributed by atoms with Crippen LogP contribution in [0.4, 0.5) is 0 Å². The highest BCUT2D eigenvalue weighted by Gasteiger charge is 2.35. The van der Waals surface area contributed by atoms with E-state index in [1.165, 1.54) is 24.8 Å². The topological polar surface area (TPSA) is 21.3 Å². The van der Waals surface area contributed by atoms with Gasteiger partial charge in [0.15, 0.2) is 0 Å². The maximum atomic E-state index is 5.43. The molecule has 2 unspecified atom stereocenters. The fraction of sp³-hybridized carbons (Fsp3) is 0.600. The van der Waals surface area contributed by atoms with Gasteiger partial charge in [0.25, 0.3) is 0 Å². The lowest BCUT2D eigenvalue weighted by Gasteiger charge is -2.06. The summed E-state index contributed by atoms with van der Waals surface area (Å²) in [6.45, 7) is 5.99. The molecule has 0 amide bonds. The Labute approximate surface area is 104 Å². The van der Waals surface area contributed by atoms with Crippen LogP contribution in [0.25, 0.3) is 0 Å². The van der Waals surface area contributed by atoms with Crippen LogP contribution in [0.5, 0.6) is 5.75 Å². The standard InChI is InChI=1S/C15H23NO/c1-3-5-13-10-15(13)16-11-12-6-8-14(9-7-12)17-4-2/h6-9,13,15-16H,3-5,10-11H2,1-2H3. The Hall–Kier alpha value is -1.02. The van der Waals surface area contributed by atoms with E-state index in [9.17, 15) is 0 Å². The predicted molar refractivity (Wildman–Crippen MR) is 71.3 cm³/mol. The molecule has 1 N–H and O–H groups in total. The van der Waals surface area contributed by atoms with Crippen molar-refractivity contribution in [2.24, 2.45) is 5.92 Å². The van der Waals surface area contributed by atoms with Crippen LogP contribution in [-0.4, -0.2) is 12.6 Å². The summed E-state index contributed by atoms with van der Waals surface area (Å²) in [5, 5.41) is 3.62. The smallest absolute Gasteiger partial charge is 0.119 e. The number of benzene rings is 1. The Balaban J connectivity index is 1.72. The van der Waals surface area contributed by atoms with Crippen LogP contribution in [0.15, 0.2) is 24.3 Å². The van der Waals surface area contributed by atoms with Crippen LogP contribution >= 0.6 is 0 Å². The van der Waals surface area contributed by atoms with Gasteiger partial charge >= 0.3 is 0 Å². The molecule has 2 nitrogen and oxygen atoms in total. The highest BCUT2D eigenvalue weighted by Crippen LogP contribution is 2.34. The normalized spacial score (nSPS) is 22.5. The molecule has 0 heterocycles. The van der Waals surface area contributed by atoms with Crippen LogP contribution in [-0.2, 0) is 6.54 Å². The summed E-state index contributed by atoms with van der Waals surface area (Å²) in [4.78, 5) is 0. The summed E-state index contributed by atoms with van der Waals surface area (Å²) in [6, 6.07) is 9.17. The van der Waals surface area contributed by atoms with Crippen LogP contribution in [0.1, 0.15) is 38.7 Å². The third-order valence-electron chi connectivity index (χ3n) is 3.38. The molecular formula is C15H23NO. The minimum absolute atomic E-state index is 0.734. The average Bonchev–Trinajstić information content (AvgIpc) is 3.08. The highest BCUT2D eigenvalue weighted by molar-refractivity contribution is 5.27. The van der Waals surface area contributed by atoms with Gasteiger partial charge < -0.3 is 10.1 Å². The predicted octanol–water partition coefficient (Wildman–Crippen LogP) is 3.36. The molecule has 1 aromatic rings. The van der Waals surface area contributed by atoms with Crippen molar-refractivity contribution in [3.63, 3.8) is 0 Å². The minimum atomic E-state index is 0.734. The second-order valence-corrected chi connectivity index (χ2v) is 4.85. The van der Waals surface area contributed by atoms with Gasteiger partial charge in [-0.25, -0.2) is 0 Å². The summed E-state index contributed by atoms with van der Waals surface area (Å²) in [5.41, 5.74) is 1.34. The van der Waals surface area contributed by atoms with Gasteiger partial charge in [-0.3, -0.25) is 0 Å². The Bertz CT molecular complexity index is 333.